The van der Waals surface area contributed by atoms with Crippen molar-refractivity contribution in [2.24, 2.45) is 0 Å². The number of amides is 1. The number of benzene rings is 3. The zero-order valence-corrected chi connectivity index (χ0v) is 20.3. The van der Waals surface area contributed by atoms with Crippen LogP contribution < -0.4 is 8.92 Å². The molecule has 0 saturated heterocycles. The highest BCUT2D eigenvalue weighted by molar-refractivity contribution is 7.87. The molecule has 0 fully saturated rings. The van der Waals surface area contributed by atoms with Crippen LogP contribution in [0.5, 0.6) is 11.5 Å². The zero-order valence-electron chi connectivity index (χ0n) is 19.5. The normalized spacial score (nSPS) is 11.7. The Morgan fingerprint density at radius 1 is 0.917 bits per heavy atom. The van der Waals surface area contributed by atoms with E-state index in [9.17, 15) is 26.4 Å². The Labute approximate surface area is 207 Å². The molecule has 36 heavy (non-hydrogen) atoms. The van der Waals surface area contributed by atoms with Crippen LogP contribution >= 0.6 is 0 Å². The topological polar surface area (TPSA) is 82.1 Å². The van der Waals surface area contributed by atoms with Gasteiger partial charge >= 0.3 is 16.3 Å². The second-order valence-corrected chi connectivity index (χ2v) is 9.20. The molecule has 0 heterocycles. The summed E-state index contributed by atoms with van der Waals surface area (Å²) in [6, 6.07) is 15.8. The van der Waals surface area contributed by atoms with Crippen LogP contribution in [0.3, 0.4) is 0 Å². The largest absolute Gasteiger partial charge is 0.497 e. The molecule has 1 amide bonds. The zero-order chi connectivity index (χ0) is 26.3. The molecule has 0 unspecified atom stereocenters. The van der Waals surface area contributed by atoms with E-state index < -0.39 is 26.8 Å². The van der Waals surface area contributed by atoms with Crippen LogP contribution in [0.4, 0.5) is 13.2 Å². The Morgan fingerprint density at radius 2 is 1.61 bits per heavy atom. The van der Waals surface area contributed by atoms with Gasteiger partial charge < -0.3 is 18.6 Å². The number of alkyl halides is 3. The van der Waals surface area contributed by atoms with E-state index in [1.807, 2.05) is 0 Å². The quantitative estimate of drug-likeness (QED) is 0.356. The molecular weight excluding hydrogens is 499 g/mol. The third-order valence-corrected chi connectivity index (χ3v) is 6.36. The van der Waals surface area contributed by atoms with Crippen molar-refractivity contribution >= 4 is 16.0 Å². The molecule has 7 nitrogen and oxygen atoms in total. The summed E-state index contributed by atoms with van der Waals surface area (Å²) in [5.41, 5.74) is -0.136. The smallest absolute Gasteiger partial charge is 0.416 e. The number of methoxy groups -OCH3 is 2. The first-order chi connectivity index (χ1) is 17.0. The minimum atomic E-state index is -4.70. The molecule has 0 saturated carbocycles. The lowest BCUT2D eigenvalue weighted by molar-refractivity contribution is -0.137. The molecule has 0 atom stereocenters. The molecule has 0 aliphatic rings. The summed E-state index contributed by atoms with van der Waals surface area (Å²) in [5.74, 6) is 0.216. The van der Waals surface area contributed by atoms with Crippen LogP contribution in [-0.2, 0) is 27.6 Å². The molecular formula is C25H24F3NO6S. The van der Waals surface area contributed by atoms with Crippen LogP contribution in [0.1, 0.15) is 21.5 Å². The van der Waals surface area contributed by atoms with Gasteiger partial charge in [-0.1, -0.05) is 18.2 Å². The van der Waals surface area contributed by atoms with E-state index in [0.29, 0.717) is 22.9 Å². The summed E-state index contributed by atoms with van der Waals surface area (Å²) in [7, 11) is -1.51. The lowest BCUT2D eigenvalue weighted by atomic mass is 10.1. The molecule has 0 aliphatic carbocycles. The highest BCUT2D eigenvalue weighted by Gasteiger charge is 2.32. The predicted octanol–water partition coefficient (Wildman–Crippen LogP) is 4.77. The lowest BCUT2D eigenvalue weighted by Gasteiger charge is -2.23. The number of hydrogen-bond acceptors (Lipinski definition) is 6. The molecule has 0 bridgehead atoms. The van der Waals surface area contributed by atoms with E-state index in [1.165, 1.54) is 37.3 Å². The Kier molecular flexibility index (Phi) is 8.59. The Bertz CT molecular complexity index is 1290. The molecule has 11 heteroatoms. The number of ether oxygens (including phenoxy) is 2. The van der Waals surface area contributed by atoms with E-state index in [0.717, 1.165) is 18.2 Å². The van der Waals surface area contributed by atoms with Gasteiger partial charge in [0.1, 0.15) is 16.4 Å². The van der Waals surface area contributed by atoms with E-state index >= 15 is 0 Å². The monoisotopic (exact) mass is 523 g/mol. The first kappa shape index (κ1) is 27.0. The first-order valence-electron chi connectivity index (χ1n) is 10.7. The van der Waals surface area contributed by atoms with Gasteiger partial charge in [-0.05, 0) is 60.2 Å². The molecule has 0 aliphatic heterocycles. The van der Waals surface area contributed by atoms with Crippen LogP contribution in [0.2, 0.25) is 0 Å². The van der Waals surface area contributed by atoms with Crippen molar-refractivity contribution in [3.8, 4) is 11.5 Å². The van der Waals surface area contributed by atoms with E-state index in [2.05, 4.69) is 0 Å². The Balaban J connectivity index is 1.81. The van der Waals surface area contributed by atoms with E-state index in [-0.39, 0.29) is 31.4 Å². The maximum Gasteiger partial charge on any atom is 0.416 e. The number of carbonyl (C=O) groups is 1. The average Bonchev–Trinajstić information content (AvgIpc) is 2.85. The molecule has 3 rings (SSSR count). The average molecular weight is 524 g/mol. The second kappa shape index (κ2) is 11.4. The van der Waals surface area contributed by atoms with Crippen molar-refractivity contribution in [3.63, 3.8) is 0 Å². The summed E-state index contributed by atoms with van der Waals surface area (Å²) in [4.78, 5) is 14.0. The van der Waals surface area contributed by atoms with Crippen LogP contribution in [0.25, 0.3) is 0 Å². The number of rotatable bonds is 10. The van der Waals surface area contributed by atoms with Gasteiger partial charge in [-0.25, -0.2) is 0 Å². The van der Waals surface area contributed by atoms with Crippen molar-refractivity contribution in [1.82, 2.24) is 4.90 Å². The predicted molar refractivity (Wildman–Crippen MR) is 125 cm³/mol. The van der Waals surface area contributed by atoms with Crippen molar-refractivity contribution in [3.05, 3.63) is 89.5 Å². The fourth-order valence-corrected chi connectivity index (χ4v) is 4.26. The molecule has 0 N–H and O–H groups in total. The Morgan fingerprint density at radius 3 is 2.25 bits per heavy atom. The molecule has 0 spiro atoms. The standard InChI is InChI=1S/C25H24F3NO6S/c1-33-14-13-29(24(30)19-9-11-21(34-2)12-10-19)17-18-5-3-7-22(15-18)35-36(31,32)23-8-4-6-20(16-23)25(26,27)28/h3-12,15-16H,13-14,17H2,1-2H3. The van der Waals surface area contributed by atoms with Gasteiger partial charge in [-0.15, -0.1) is 0 Å². The highest BCUT2D eigenvalue weighted by atomic mass is 32.2. The summed E-state index contributed by atoms with van der Waals surface area (Å²) in [5, 5.41) is 0. The van der Waals surface area contributed by atoms with Crippen molar-refractivity contribution in [1.29, 1.82) is 0 Å². The minimum absolute atomic E-state index is 0.103. The van der Waals surface area contributed by atoms with E-state index in [1.54, 1.807) is 30.3 Å². The SMILES string of the molecule is COCCN(Cc1cccc(OS(=O)(=O)c2cccc(C(F)(F)F)c2)c1)C(=O)c1ccc(OC)cc1. The van der Waals surface area contributed by atoms with Gasteiger partial charge in [0, 0.05) is 25.8 Å². The second-order valence-electron chi connectivity index (χ2n) is 7.66. The third-order valence-electron chi connectivity index (χ3n) is 5.12. The van der Waals surface area contributed by atoms with Crippen LogP contribution in [0, 0.1) is 0 Å². The first-order valence-corrected chi connectivity index (χ1v) is 12.1. The van der Waals surface area contributed by atoms with Gasteiger partial charge in [0.05, 0.1) is 19.3 Å². The van der Waals surface area contributed by atoms with Gasteiger partial charge in [0.15, 0.2) is 0 Å². The summed E-state index contributed by atoms with van der Waals surface area (Å²) in [6.45, 7) is 0.631. The molecule has 3 aromatic carbocycles. The highest BCUT2D eigenvalue weighted by Crippen LogP contribution is 2.31. The van der Waals surface area contributed by atoms with E-state index in [4.69, 9.17) is 13.7 Å². The van der Waals surface area contributed by atoms with Gasteiger partial charge in [0.25, 0.3) is 5.91 Å². The summed E-state index contributed by atoms with van der Waals surface area (Å²) < 4.78 is 79.5. The van der Waals surface area contributed by atoms with Gasteiger partial charge in [-0.3, -0.25) is 4.79 Å². The Hall–Kier alpha value is -3.57. The molecule has 0 aromatic heterocycles. The number of nitrogens with zero attached hydrogens (tertiary/aromatic N) is 1. The minimum Gasteiger partial charge on any atom is -0.497 e. The number of halogens is 3. The van der Waals surface area contributed by atoms with Gasteiger partial charge in [-0.2, -0.15) is 21.6 Å². The maximum atomic E-state index is 13.1. The van der Waals surface area contributed by atoms with Crippen molar-refractivity contribution in [2.45, 2.75) is 17.6 Å². The molecule has 0 radical (unpaired) electrons. The molecule has 192 valence electrons. The number of hydrogen-bond donors (Lipinski definition) is 0. The fraction of sp³-hybridized carbons (Fsp3) is 0.240. The summed E-state index contributed by atoms with van der Waals surface area (Å²) in [6.07, 6.45) is -4.70. The fourth-order valence-electron chi connectivity index (χ4n) is 3.29. The lowest BCUT2D eigenvalue weighted by Crippen LogP contribution is -2.33. The molecule has 3 aromatic rings. The van der Waals surface area contributed by atoms with Gasteiger partial charge in [0.2, 0.25) is 0 Å². The van der Waals surface area contributed by atoms with Crippen molar-refractivity contribution < 1.29 is 40.0 Å². The third kappa shape index (κ3) is 6.98. The van der Waals surface area contributed by atoms with Crippen LogP contribution in [0.15, 0.2) is 77.7 Å². The van der Waals surface area contributed by atoms with Crippen LogP contribution in [-0.4, -0.2) is 46.6 Å². The maximum absolute atomic E-state index is 13.1. The summed E-state index contributed by atoms with van der Waals surface area (Å²) >= 11 is 0. The van der Waals surface area contributed by atoms with Crippen molar-refractivity contribution in [2.75, 3.05) is 27.4 Å². The number of carbonyl (C=O) groups excluding carboxylic acids is 1.